The van der Waals surface area contributed by atoms with Gasteiger partial charge in [0.2, 0.25) is 0 Å². The third-order valence-corrected chi connectivity index (χ3v) is 6.78. The molecule has 1 aliphatic carbocycles. The van der Waals surface area contributed by atoms with E-state index in [9.17, 15) is 18.8 Å². The van der Waals surface area contributed by atoms with E-state index in [0.717, 1.165) is 0 Å². The Morgan fingerprint density at radius 2 is 1.94 bits per heavy atom. The Bertz CT molecular complexity index is 1590. The van der Waals surface area contributed by atoms with Crippen LogP contribution in [0, 0.1) is 16.3 Å². The predicted molar refractivity (Wildman–Crippen MR) is 146 cm³/mol. The molecule has 1 aromatic carbocycles. The molecule has 4 rings (SSSR count). The number of nitrogens with zero attached hydrogens (tertiary/aromatic N) is 3. The van der Waals surface area contributed by atoms with Crippen LogP contribution in [0.3, 0.4) is 0 Å². The van der Waals surface area contributed by atoms with Gasteiger partial charge in [-0.1, -0.05) is 13.0 Å². The number of pyridine rings is 1. The highest BCUT2D eigenvalue weighted by Crippen LogP contribution is 2.34. The summed E-state index contributed by atoms with van der Waals surface area (Å²) >= 11 is 2.00. The molecule has 0 atom stereocenters. The van der Waals surface area contributed by atoms with Crippen molar-refractivity contribution >= 4 is 50.7 Å². The van der Waals surface area contributed by atoms with Crippen molar-refractivity contribution < 1.29 is 4.39 Å². The van der Waals surface area contributed by atoms with Crippen molar-refractivity contribution in [3.05, 3.63) is 82.2 Å². The lowest BCUT2D eigenvalue weighted by Gasteiger charge is -2.21. The number of nitrogens with one attached hydrogen (secondary N) is 1. The molecular weight excluding hydrogens is 564 g/mol. The fourth-order valence-corrected chi connectivity index (χ4v) is 4.71. The molecule has 0 saturated heterocycles. The summed E-state index contributed by atoms with van der Waals surface area (Å²) in [6.45, 7) is 5.23. The first-order valence-electron chi connectivity index (χ1n) is 11.3. The molecule has 2 heterocycles. The van der Waals surface area contributed by atoms with Crippen LogP contribution >= 0.6 is 22.6 Å². The highest BCUT2D eigenvalue weighted by molar-refractivity contribution is 14.1. The van der Waals surface area contributed by atoms with Crippen molar-refractivity contribution in [3.8, 4) is 0 Å². The summed E-state index contributed by atoms with van der Waals surface area (Å²) in [4.78, 5) is 40.6. The van der Waals surface area contributed by atoms with E-state index in [0.29, 0.717) is 34.2 Å². The van der Waals surface area contributed by atoms with Crippen molar-refractivity contribution in [2.75, 3.05) is 5.32 Å². The summed E-state index contributed by atoms with van der Waals surface area (Å²) in [5.74, 6) is -0.406. The van der Waals surface area contributed by atoms with Crippen molar-refractivity contribution in [2.45, 2.75) is 46.1 Å². The molecule has 0 bridgehead atoms. The second-order valence-corrected chi connectivity index (χ2v) is 9.98. The van der Waals surface area contributed by atoms with Crippen molar-refractivity contribution in [2.24, 2.45) is 12.8 Å². The van der Waals surface area contributed by atoms with E-state index in [-0.39, 0.29) is 34.0 Å². The Morgan fingerprint density at radius 1 is 1.26 bits per heavy atom. The van der Waals surface area contributed by atoms with Crippen LogP contribution < -0.4 is 27.9 Å². The monoisotopic (exact) mass is 591 g/mol. The highest BCUT2D eigenvalue weighted by atomic mass is 127. The second-order valence-electron chi connectivity index (χ2n) is 8.73. The number of hydrogen-bond acceptors (Lipinski definition) is 5. The molecule has 0 spiro atoms. The van der Waals surface area contributed by atoms with Gasteiger partial charge in [-0.05, 0) is 80.0 Å². The molecule has 10 heteroatoms. The van der Waals surface area contributed by atoms with E-state index in [1.165, 1.54) is 26.8 Å². The number of aryl methyl sites for hydroxylation is 1. The number of allylic oxidation sites excluding steroid dienone is 3. The maximum Gasteiger partial charge on any atom is 0.336 e. The molecule has 1 fully saturated rings. The van der Waals surface area contributed by atoms with Crippen LogP contribution in [0.5, 0.6) is 0 Å². The van der Waals surface area contributed by atoms with Crippen LogP contribution in [0.1, 0.15) is 44.7 Å². The summed E-state index contributed by atoms with van der Waals surface area (Å²) < 4.78 is 19.3. The Labute approximate surface area is 214 Å². The lowest BCUT2D eigenvalue weighted by molar-refractivity contribution is 0.630. The van der Waals surface area contributed by atoms with Gasteiger partial charge in [0.25, 0.3) is 11.1 Å². The summed E-state index contributed by atoms with van der Waals surface area (Å²) in [5.41, 5.74) is 6.12. The van der Waals surface area contributed by atoms with Gasteiger partial charge in [-0.15, -0.1) is 0 Å². The van der Waals surface area contributed by atoms with Gasteiger partial charge in [-0.25, -0.2) is 9.18 Å². The smallest absolute Gasteiger partial charge is 0.336 e. The zero-order valence-electron chi connectivity index (χ0n) is 20.0. The fourth-order valence-electron chi connectivity index (χ4n) is 4.26. The van der Waals surface area contributed by atoms with Crippen LogP contribution in [-0.4, -0.2) is 13.7 Å². The number of rotatable bonds is 6. The van der Waals surface area contributed by atoms with E-state index in [1.54, 1.807) is 32.1 Å². The van der Waals surface area contributed by atoms with Gasteiger partial charge in [-0.3, -0.25) is 23.3 Å². The molecule has 2 aromatic heterocycles. The molecule has 0 radical (unpaired) electrons. The normalized spacial score (nSPS) is 14.6. The number of anilines is 2. The maximum atomic E-state index is 14.7. The number of nitrogens with two attached hydrogens (primary N) is 1. The van der Waals surface area contributed by atoms with Crippen molar-refractivity contribution in [1.82, 2.24) is 13.7 Å². The molecule has 1 saturated carbocycles. The van der Waals surface area contributed by atoms with Crippen LogP contribution in [-0.2, 0) is 7.05 Å². The molecule has 0 aliphatic heterocycles. The quantitative estimate of drug-likeness (QED) is 0.332. The summed E-state index contributed by atoms with van der Waals surface area (Å²) in [6, 6.07) is 4.40. The van der Waals surface area contributed by atoms with E-state index in [4.69, 9.17) is 5.73 Å². The van der Waals surface area contributed by atoms with Gasteiger partial charge in [0, 0.05) is 33.6 Å². The number of halogens is 2. The highest BCUT2D eigenvalue weighted by Gasteiger charge is 2.31. The Hall–Kier alpha value is -3.15. The minimum atomic E-state index is -0.525. The molecule has 3 N–H and O–H groups in total. The third kappa shape index (κ3) is 4.46. The zero-order valence-corrected chi connectivity index (χ0v) is 22.1. The lowest BCUT2D eigenvalue weighted by atomic mass is 10.1. The summed E-state index contributed by atoms with van der Waals surface area (Å²) in [6.07, 6.45) is 5.59. The van der Waals surface area contributed by atoms with Gasteiger partial charge in [0.1, 0.15) is 17.0 Å². The van der Waals surface area contributed by atoms with Crippen LogP contribution in [0.4, 0.5) is 15.9 Å². The van der Waals surface area contributed by atoms with E-state index >= 15 is 0 Å². The second kappa shape index (κ2) is 9.48. The molecule has 184 valence electrons. The number of aromatic nitrogens is 3. The number of benzene rings is 1. The number of hydrogen-bond donors (Lipinski definition) is 2. The molecule has 35 heavy (non-hydrogen) atoms. The van der Waals surface area contributed by atoms with Gasteiger partial charge in [0.05, 0.1) is 11.2 Å². The van der Waals surface area contributed by atoms with Crippen molar-refractivity contribution in [1.29, 1.82) is 0 Å². The Morgan fingerprint density at radius 3 is 2.54 bits per heavy atom. The SMILES string of the molecule is CC/C=C(N)\C=C(/C)n1c(=O)n(C2CC2)c(=O)c2c(Nc3ccc(I)cc3F)n(C)c(=O)c(C)c21. The van der Waals surface area contributed by atoms with Crippen LogP contribution in [0.25, 0.3) is 16.6 Å². The molecule has 8 nitrogen and oxygen atoms in total. The predicted octanol–water partition coefficient (Wildman–Crippen LogP) is 4.11. The fraction of sp³-hybridized carbons (Fsp3) is 0.320. The van der Waals surface area contributed by atoms with Crippen LogP contribution in [0.2, 0.25) is 0 Å². The van der Waals surface area contributed by atoms with Crippen molar-refractivity contribution in [3.63, 3.8) is 0 Å². The molecule has 0 unspecified atom stereocenters. The van der Waals surface area contributed by atoms with Crippen LogP contribution in [0.15, 0.2) is 50.4 Å². The van der Waals surface area contributed by atoms with Gasteiger partial charge in [0.15, 0.2) is 0 Å². The van der Waals surface area contributed by atoms with E-state index < -0.39 is 22.6 Å². The largest absolute Gasteiger partial charge is 0.399 e. The van der Waals surface area contributed by atoms with Gasteiger partial charge >= 0.3 is 5.69 Å². The van der Waals surface area contributed by atoms with Gasteiger partial charge < -0.3 is 11.1 Å². The number of fused-ring (bicyclic) bond motifs is 1. The first kappa shape index (κ1) is 25.0. The zero-order chi connectivity index (χ0) is 25.6. The topological polar surface area (TPSA) is 104 Å². The third-order valence-electron chi connectivity index (χ3n) is 6.11. The molecule has 0 amide bonds. The minimum absolute atomic E-state index is 0.114. The molecule has 1 aliphatic rings. The minimum Gasteiger partial charge on any atom is -0.399 e. The Balaban J connectivity index is 2.16. The van der Waals surface area contributed by atoms with E-state index in [1.807, 2.05) is 35.6 Å². The standard InChI is InChI=1S/C25H27FIN5O3/c1-5-6-16(28)11-13(2)31-21-14(3)23(33)30(4)22(29-19-10-7-15(27)12-18(19)26)20(21)24(34)32(25(31)35)17-8-9-17/h6-7,10-12,17,29H,5,8-9,28H2,1-4H3/b13-11+,16-6+. The lowest BCUT2D eigenvalue weighted by Crippen LogP contribution is -2.41. The summed E-state index contributed by atoms with van der Waals surface area (Å²) in [7, 11) is 1.52. The maximum absolute atomic E-state index is 14.7. The van der Waals surface area contributed by atoms with E-state index in [2.05, 4.69) is 5.32 Å². The summed E-state index contributed by atoms with van der Waals surface area (Å²) in [5, 5.41) is 3.09. The first-order chi connectivity index (χ1) is 16.6. The average Bonchev–Trinajstić information content (AvgIpc) is 3.61. The molecular formula is C25H27FIN5O3. The molecule has 3 aromatic rings. The Kier molecular flexibility index (Phi) is 6.76. The average molecular weight is 591 g/mol. The first-order valence-corrected chi connectivity index (χ1v) is 12.4. The van der Waals surface area contributed by atoms with Gasteiger partial charge in [-0.2, -0.15) is 0 Å².